The van der Waals surface area contributed by atoms with Crippen LogP contribution in [0.25, 0.3) is 32.8 Å². The standard InChI is InChI=1S/C31H33ClF3N5O2/c1-18-16-40(19(2)15-36-18)29-24-14-25(32)26(23-13-21(41)12-20-6-3-4-7-22(20)23)27(33)28(24)37-30(38-29)42-11-5-9-39-10-8-31(34,35)17-39/h3-4,6-7,12-14,18-19,36,41H,5,8-11,15-17H2,1-2H3/t18-,19+/m1/s1. The van der Waals surface area contributed by atoms with E-state index in [9.17, 15) is 13.9 Å². The van der Waals surface area contributed by atoms with E-state index in [2.05, 4.69) is 29.0 Å². The maximum Gasteiger partial charge on any atom is 0.319 e. The van der Waals surface area contributed by atoms with Crippen LogP contribution in [0.15, 0.2) is 42.5 Å². The number of phenolic OH excluding ortho intramolecular Hbond substituents is 1. The highest BCUT2D eigenvalue weighted by Crippen LogP contribution is 2.42. The van der Waals surface area contributed by atoms with Gasteiger partial charge in [-0.2, -0.15) is 9.97 Å². The van der Waals surface area contributed by atoms with Crippen LogP contribution < -0.4 is 15.0 Å². The van der Waals surface area contributed by atoms with E-state index in [0.717, 1.165) is 10.8 Å². The molecule has 42 heavy (non-hydrogen) atoms. The van der Waals surface area contributed by atoms with E-state index in [1.807, 2.05) is 24.3 Å². The maximum atomic E-state index is 16.6. The van der Waals surface area contributed by atoms with E-state index < -0.39 is 11.7 Å². The summed E-state index contributed by atoms with van der Waals surface area (Å²) in [5, 5.41) is 16.0. The van der Waals surface area contributed by atoms with Crippen LogP contribution in [-0.4, -0.2) is 77.3 Å². The van der Waals surface area contributed by atoms with Gasteiger partial charge in [0.15, 0.2) is 5.82 Å². The molecule has 0 spiro atoms. The van der Waals surface area contributed by atoms with Crippen molar-refractivity contribution in [2.24, 2.45) is 0 Å². The SMILES string of the molecule is C[C@@H]1CN(c2nc(OCCCN3CCC(F)(F)C3)nc3c(F)c(-c4cc(O)cc5ccccc45)c(Cl)cc23)[C@@H](C)CN1. The third-order valence-electron chi connectivity index (χ3n) is 8.09. The van der Waals surface area contributed by atoms with Crippen molar-refractivity contribution in [1.29, 1.82) is 0 Å². The summed E-state index contributed by atoms with van der Waals surface area (Å²) in [6.07, 6.45) is 0.364. The van der Waals surface area contributed by atoms with Crippen LogP contribution in [0.4, 0.5) is 19.0 Å². The first-order valence-electron chi connectivity index (χ1n) is 14.2. The Kier molecular flexibility index (Phi) is 7.80. The topological polar surface area (TPSA) is 73.8 Å². The van der Waals surface area contributed by atoms with E-state index >= 15 is 4.39 Å². The van der Waals surface area contributed by atoms with Crippen LogP contribution in [0.3, 0.4) is 0 Å². The van der Waals surface area contributed by atoms with Gasteiger partial charge in [-0.05, 0) is 54.8 Å². The van der Waals surface area contributed by atoms with Gasteiger partial charge >= 0.3 is 6.01 Å². The van der Waals surface area contributed by atoms with E-state index in [1.54, 1.807) is 17.0 Å². The molecule has 3 aromatic carbocycles. The molecule has 0 unspecified atom stereocenters. The van der Waals surface area contributed by atoms with E-state index in [-0.39, 0.29) is 59.5 Å². The third kappa shape index (κ3) is 5.67. The molecular formula is C31H33ClF3N5O2. The predicted molar refractivity (Wildman–Crippen MR) is 160 cm³/mol. The molecule has 6 rings (SSSR count). The minimum Gasteiger partial charge on any atom is -0.508 e. The highest BCUT2D eigenvalue weighted by molar-refractivity contribution is 6.35. The molecule has 222 valence electrons. The number of hydrogen-bond acceptors (Lipinski definition) is 7. The number of benzene rings is 3. The number of rotatable bonds is 7. The van der Waals surface area contributed by atoms with Gasteiger partial charge in [0.25, 0.3) is 5.92 Å². The molecule has 0 radical (unpaired) electrons. The first-order valence-corrected chi connectivity index (χ1v) is 14.6. The summed E-state index contributed by atoms with van der Waals surface area (Å²) in [5.74, 6) is -2.78. The molecule has 2 atom stereocenters. The lowest BCUT2D eigenvalue weighted by Crippen LogP contribution is -2.54. The number of alkyl halides is 2. The van der Waals surface area contributed by atoms with Crippen molar-refractivity contribution in [3.8, 4) is 22.9 Å². The third-order valence-corrected chi connectivity index (χ3v) is 8.39. The Morgan fingerprint density at radius 2 is 1.95 bits per heavy atom. The molecule has 0 saturated carbocycles. The van der Waals surface area contributed by atoms with Gasteiger partial charge in [-0.3, -0.25) is 4.90 Å². The second kappa shape index (κ2) is 11.4. The lowest BCUT2D eigenvalue weighted by atomic mass is 9.96. The van der Waals surface area contributed by atoms with Crippen molar-refractivity contribution in [2.45, 2.75) is 44.7 Å². The molecule has 2 saturated heterocycles. The molecule has 2 aliphatic heterocycles. The largest absolute Gasteiger partial charge is 0.508 e. The van der Waals surface area contributed by atoms with Gasteiger partial charge in [0, 0.05) is 55.6 Å². The lowest BCUT2D eigenvalue weighted by Gasteiger charge is -2.39. The van der Waals surface area contributed by atoms with Crippen LogP contribution in [0.2, 0.25) is 5.02 Å². The number of piperazine rings is 1. The van der Waals surface area contributed by atoms with Crippen LogP contribution >= 0.6 is 11.6 Å². The first-order chi connectivity index (χ1) is 20.1. The molecule has 1 aromatic heterocycles. The molecule has 0 aliphatic carbocycles. The Bertz CT molecular complexity index is 1640. The molecule has 7 nitrogen and oxygen atoms in total. The predicted octanol–water partition coefficient (Wildman–Crippen LogP) is 6.24. The molecule has 2 N–H and O–H groups in total. The van der Waals surface area contributed by atoms with Crippen LogP contribution in [-0.2, 0) is 0 Å². The van der Waals surface area contributed by atoms with Crippen molar-refractivity contribution < 1.29 is 23.0 Å². The normalized spacial score (nSPS) is 21.0. The quantitative estimate of drug-likeness (QED) is 0.244. The Hall–Kier alpha value is -3.34. The Labute approximate surface area is 247 Å². The van der Waals surface area contributed by atoms with Gasteiger partial charge in [0.05, 0.1) is 18.2 Å². The van der Waals surface area contributed by atoms with Gasteiger partial charge in [-0.25, -0.2) is 13.2 Å². The van der Waals surface area contributed by atoms with E-state index in [4.69, 9.17) is 21.3 Å². The minimum atomic E-state index is -2.65. The first kappa shape index (κ1) is 28.8. The minimum absolute atomic E-state index is 0.00828. The van der Waals surface area contributed by atoms with E-state index in [1.165, 1.54) is 6.07 Å². The number of nitrogens with zero attached hydrogens (tertiary/aromatic N) is 4. The van der Waals surface area contributed by atoms with Crippen LogP contribution in [0.1, 0.15) is 26.7 Å². The molecule has 11 heteroatoms. The van der Waals surface area contributed by atoms with Crippen molar-refractivity contribution in [1.82, 2.24) is 20.2 Å². The molecule has 0 amide bonds. The molecule has 2 aliphatic rings. The highest BCUT2D eigenvalue weighted by Gasteiger charge is 2.37. The van der Waals surface area contributed by atoms with Gasteiger partial charge in [-0.15, -0.1) is 0 Å². The fraction of sp³-hybridized carbons (Fsp3) is 0.419. The van der Waals surface area contributed by atoms with Crippen LogP contribution in [0, 0.1) is 5.82 Å². The number of halogens is 4. The summed E-state index contributed by atoms with van der Waals surface area (Å²) < 4.78 is 49.7. The lowest BCUT2D eigenvalue weighted by molar-refractivity contribution is 0.0118. The number of aromatic hydroxyl groups is 1. The van der Waals surface area contributed by atoms with E-state index in [0.29, 0.717) is 49.4 Å². The number of anilines is 1. The average molecular weight is 600 g/mol. The monoisotopic (exact) mass is 599 g/mol. The smallest absolute Gasteiger partial charge is 0.319 e. The average Bonchev–Trinajstić information content (AvgIpc) is 3.30. The second-order valence-corrected chi connectivity index (χ2v) is 11.8. The van der Waals surface area contributed by atoms with Gasteiger partial charge in [0.1, 0.15) is 17.1 Å². The van der Waals surface area contributed by atoms with Crippen LogP contribution in [0.5, 0.6) is 11.8 Å². The zero-order chi connectivity index (χ0) is 29.6. The van der Waals surface area contributed by atoms with Crippen molar-refractivity contribution >= 4 is 39.1 Å². The molecule has 2 fully saturated rings. The molecule has 0 bridgehead atoms. The number of ether oxygens (including phenoxy) is 1. The van der Waals surface area contributed by atoms with Gasteiger partial charge in [-0.1, -0.05) is 35.9 Å². The zero-order valence-electron chi connectivity index (χ0n) is 23.5. The number of hydrogen-bond donors (Lipinski definition) is 2. The summed E-state index contributed by atoms with van der Waals surface area (Å²) in [6, 6.07) is 12.4. The fourth-order valence-corrected chi connectivity index (χ4v) is 6.25. The van der Waals surface area contributed by atoms with Crippen molar-refractivity contribution in [2.75, 3.05) is 44.2 Å². The number of nitrogens with one attached hydrogen (secondary N) is 1. The summed E-state index contributed by atoms with van der Waals surface area (Å²) in [5.41, 5.74) is 0.632. The summed E-state index contributed by atoms with van der Waals surface area (Å²) in [6.45, 7) is 6.23. The Morgan fingerprint density at radius 1 is 1.14 bits per heavy atom. The number of likely N-dealkylation sites (tertiary alicyclic amines) is 1. The highest BCUT2D eigenvalue weighted by atomic mass is 35.5. The molecular weight excluding hydrogens is 567 g/mol. The summed E-state index contributed by atoms with van der Waals surface area (Å²) in [7, 11) is 0. The molecule has 4 aromatic rings. The van der Waals surface area contributed by atoms with Crippen molar-refractivity contribution in [3.05, 3.63) is 53.3 Å². The number of aromatic nitrogens is 2. The number of phenols is 1. The maximum absolute atomic E-state index is 16.6. The molecule has 3 heterocycles. The van der Waals surface area contributed by atoms with Gasteiger partial charge in [0.2, 0.25) is 0 Å². The van der Waals surface area contributed by atoms with Gasteiger partial charge < -0.3 is 20.1 Å². The second-order valence-electron chi connectivity index (χ2n) is 11.4. The summed E-state index contributed by atoms with van der Waals surface area (Å²) >= 11 is 6.80. The Balaban J connectivity index is 1.41. The Morgan fingerprint density at radius 3 is 2.74 bits per heavy atom. The zero-order valence-corrected chi connectivity index (χ0v) is 24.3. The fourth-order valence-electron chi connectivity index (χ4n) is 5.96. The van der Waals surface area contributed by atoms with Crippen molar-refractivity contribution in [3.63, 3.8) is 0 Å². The summed E-state index contributed by atoms with van der Waals surface area (Å²) in [4.78, 5) is 13.0. The number of fused-ring (bicyclic) bond motifs is 2.